The Morgan fingerprint density at radius 3 is 2.19 bits per heavy atom. The van der Waals surface area contributed by atoms with Crippen LogP contribution in [0.4, 0.5) is 5.69 Å². The van der Waals surface area contributed by atoms with Crippen molar-refractivity contribution < 1.29 is 24.3 Å². The van der Waals surface area contributed by atoms with Crippen LogP contribution in [-0.4, -0.2) is 58.6 Å². The minimum absolute atomic E-state index is 0.144. The van der Waals surface area contributed by atoms with Crippen molar-refractivity contribution in [2.45, 2.75) is 52.2 Å². The molecule has 0 fully saturated rings. The fraction of sp³-hybridized carbons (Fsp3) is 0.524. The number of thioether (sulfide) groups is 1. The Kier molecular flexibility index (Phi) is 11.7. The number of amides is 3. The summed E-state index contributed by atoms with van der Waals surface area (Å²) < 4.78 is 0. The van der Waals surface area contributed by atoms with E-state index in [9.17, 15) is 24.3 Å². The van der Waals surface area contributed by atoms with Gasteiger partial charge in [-0.05, 0) is 31.4 Å². The Labute approximate surface area is 187 Å². The molecule has 0 aromatic heterocycles. The van der Waals surface area contributed by atoms with Crippen LogP contribution < -0.4 is 21.3 Å². The first-order valence-electron chi connectivity index (χ1n) is 10.1. The first-order chi connectivity index (χ1) is 14.6. The summed E-state index contributed by atoms with van der Waals surface area (Å²) in [6.07, 6.45) is 0.421. The van der Waals surface area contributed by atoms with Crippen molar-refractivity contribution in [3.8, 4) is 0 Å². The molecule has 0 aliphatic carbocycles. The van der Waals surface area contributed by atoms with E-state index in [1.54, 1.807) is 24.3 Å². The predicted octanol–water partition coefficient (Wildman–Crippen LogP) is 1.41. The lowest BCUT2D eigenvalue weighted by Gasteiger charge is -2.25. The number of carboxylic acid groups (broad SMARTS) is 1. The number of hydrogen-bond donors (Lipinski definition) is 5. The van der Waals surface area contributed by atoms with E-state index in [0.717, 1.165) is 0 Å². The third-order valence-electron chi connectivity index (χ3n) is 4.23. The second kappa shape index (κ2) is 13.7. The number of anilines is 1. The van der Waals surface area contributed by atoms with Gasteiger partial charge in [0.25, 0.3) is 0 Å². The molecule has 10 heteroatoms. The monoisotopic (exact) mass is 452 g/mol. The number of rotatable bonds is 13. The van der Waals surface area contributed by atoms with Crippen LogP contribution in [0.15, 0.2) is 30.3 Å². The summed E-state index contributed by atoms with van der Waals surface area (Å²) in [6.45, 7) is 6.72. The van der Waals surface area contributed by atoms with Crippen LogP contribution in [0.1, 0.15) is 34.1 Å². The molecule has 3 amide bonds. The Balaban J connectivity index is 2.86. The smallest absolute Gasteiger partial charge is 0.320 e. The fourth-order valence-corrected chi connectivity index (χ4v) is 3.53. The van der Waals surface area contributed by atoms with Crippen molar-refractivity contribution in [3.63, 3.8) is 0 Å². The summed E-state index contributed by atoms with van der Waals surface area (Å²) in [4.78, 5) is 48.0. The number of nitrogens with one attached hydrogen (secondary N) is 4. The maximum absolute atomic E-state index is 12.9. The van der Waals surface area contributed by atoms with Crippen molar-refractivity contribution in [1.82, 2.24) is 16.0 Å². The Hall–Kier alpha value is -2.59. The molecule has 0 saturated heterocycles. The lowest BCUT2D eigenvalue weighted by Crippen LogP contribution is -2.55. The Bertz CT molecular complexity index is 745. The highest BCUT2D eigenvalue weighted by Gasteiger charge is 2.28. The summed E-state index contributed by atoms with van der Waals surface area (Å²) in [5, 5.41) is 20.1. The maximum atomic E-state index is 12.9. The molecule has 0 aliphatic rings. The van der Waals surface area contributed by atoms with Gasteiger partial charge in [0.1, 0.15) is 12.1 Å². The van der Waals surface area contributed by atoms with Gasteiger partial charge in [-0.1, -0.05) is 32.0 Å². The SMILES string of the molecule is CC(=O)NCSC[C@@H](N[C@H](C)C(=O)O)C(=O)N[C@@H](CC(C)C)C(=O)Nc1ccccc1. The summed E-state index contributed by atoms with van der Waals surface area (Å²) in [5.74, 6) is -1.46. The molecule has 31 heavy (non-hydrogen) atoms. The third kappa shape index (κ3) is 10.8. The van der Waals surface area contributed by atoms with Crippen LogP contribution in [0.25, 0.3) is 0 Å². The lowest BCUT2D eigenvalue weighted by molar-refractivity contribution is -0.139. The van der Waals surface area contributed by atoms with E-state index >= 15 is 0 Å². The van der Waals surface area contributed by atoms with Gasteiger partial charge in [-0.3, -0.25) is 24.5 Å². The molecular formula is C21H32N4O5S. The number of carboxylic acids is 1. The van der Waals surface area contributed by atoms with Gasteiger partial charge >= 0.3 is 5.97 Å². The average molecular weight is 453 g/mol. The molecule has 172 valence electrons. The number of aliphatic carboxylic acids is 1. The van der Waals surface area contributed by atoms with Gasteiger partial charge in [-0.2, -0.15) is 0 Å². The van der Waals surface area contributed by atoms with Crippen molar-refractivity contribution in [2.75, 3.05) is 16.9 Å². The molecule has 1 aromatic carbocycles. The maximum Gasteiger partial charge on any atom is 0.320 e. The molecule has 3 atom stereocenters. The summed E-state index contributed by atoms with van der Waals surface area (Å²) >= 11 is 1.27. The van der Waals surface area contributed by atoms with Crippen LogP contribution in [-0.2, 0) is 19.2 Å². The Morgan fingerprint density at radius 1 is 1.00 bits per heavy atom. The Morgan fingerprint density at radius 2 is 1.65 bits per heavy atom. The van der Waals surface area contributed by atoms with E-state index in [2.05, 4.69) is 21.3 Å². The molecule has 9 nitrogen and oxygen atoms in total. The topological polar surface area (TPSA) is 137 Å². The lowest BCUT2D eigenvalue weighted by atomic mass is 10.0. The minimum Gasteiger partial charge on any atom is -0.480 e. The molecule has 0 spiro atoms. The standard InChI is InChI=1S/C21H32N4O5S/c1-13(2)10-17(19(27)24-16-8-6-5-7-9-16)25-20(28)18(23-14(3)21(29)30)11-31-12-22-15(4)26/h5-9,13-14,17-18,23H,10-12H2,1-4H3,(H,22,26)(H,24,27)(H,25,28)(H,29,30)/t14-,17+,18-/m1/s1. The van der Waals surface area contributed by atoms with Crippen LogP contribution in [0.3, 0.4) is 0 Å². The molecule has 0 aliphatic heterocycles. The van der Waals surface area contributed by atoms with E-state index in [4.69, 9.17) is 0 Å². The van der Waals surface area contributed by atoms with E-state index in [-0.39, 0.29) is 29.4 Å². The van der Waals surface area contributed by atoms with Crippen LogP contribution in [0.2, 0.25) is 0 Å². The first-order valence-corrected chi connectivity index (χ1v) is 11.2. The van der Waals surface area contributed by atoms with E-state index in [1.807, 2.05) is 19.9 Å². The summed E-state index contributed by atoms with van der Waals surface area (Å²) in [7, 11) is 0. The van der Waals surface area contributed by atoms with Gasteiger partial charge < -0.3 is 21.1 Å². The second-order valence-electron chi connectivity index (χ2n) is 7.57. The summed E-state index contributed by atoms with van der Waals surface area (Å²) in [5.41, 5.74) is 0.621. The predicted molar refractivity (Wildman–Crippen MR) is 122 cm³/mol. The number of hydrogen-bond acceptors (Lipinski definition) is 6. The molecule has 0 saturated carbocycles. The van der Waals surface area contributed by atoms with Gasteiger partial charge in [-0.25, -0.2) is 0 Å². The van der Waals surface area contributed by atoms with Gasteiger partial charge in [0, 0.05) is 18.4 Å². The highest BCUT2D eigenvalue weighted by molar-refractivity contribution is 7.99. The second-order valence-corrected chi connectivity index (χ2v) is 8.60. The molecule has 0 unspecified atom stereocenters. The van der Waals surface area contributed by atoms with Crippen molar-refractivity contribution in [1.29, 1.82) is 0 Å². The number of carbonyl (C=O) groups excluding carboxylic acids is 3. The van der Waals surface area contributed by atoms with Crippen molar-refractivity contribution in [2.24, 2.45) is 5.92 Å². The molecule has 1 rings (SSSR count). The first kappa shape index (κ1) is 26.4. The molecule has 1 aromatic rings. The zero-order valence-electron chi connectivity index (χ0n) is 18.3. The van der Waals surface area contributed by atoms with Crippen LogP contribution >= 0.6 is 11.8 Å². The summed E-state index contributed by atoms with van der Waals surface area (Å²) in [6, 6.07) is 6.34. The van der Waals surface area contributed by atoms with E-state index < -0.39 is 30.0 Å². The fourth-order valence-electron chi connectivity index (χ4n) is 2.63. The normalized spacial score (nSPS) is 13.7. The van der Waals surface area contributed by atoms with Crippen LogP contribution in [0, 0.1) is 5.92 Å². The average Bonchev–Trinajstić information content (AvgIpc) is 2.69. The van der Waals surface area contributed by atoms with E-state index in [1.165, 1.54) is 25.6 Å². The van der Waals surface area contributed by atoms with Crippen molar-refractivity contribution in [3.05, 3.63) is 30.3 Å². The van der Waals surface area contributed by atoms with Gasteiger partial charge in [0.05, 0.1) is 11.9 Å². The van der Waals surface area contributed by atoms with E-state index in [0.29, 0.717) is 12.1 Å². The number of benzene rings is 1. The number of carbonyl (C=O) groups is 4. The zero-order valence-corrected chi connectivity index (χ0v) is 19.1. The van der Waals surface area contributed by atoms with Gasteiger partial charge in [0.2, 0.25) is 17.7 Å². The van der Waals surface area contributed by atoms with Crippen molar-refractivity contribution >= 4 is 41.1 Å². The molecule has 0 radical (unpaired) electrons. The zero-order chi connectivity index (χ0) is 23.4. The number of para-hydroxylation sites is 1. The highest BCUT2D eigenvalue weighted by Crippen LogP contribution is 2.11. The molecular weight excluding hydrogens is 420 g/mol. The highest BCUT2D eigenvalue weighted by atomic mass is 32.2. The van der Waals surface area contributed by atoms with Gasteiger partial charge in [-0.15, -0.1) is 11.8 Å². The third-order valence-corrected chi connectivity index (χ3v) is 5.14. The molecule has 0 bridgehead atoms. The molecule has 0 heterocycles. The minimum atomic E-state index is -1.09. The largest absolute Gasteiger partial charge is 0.480 e. The van der Waals surface area contributed by atoms with Crippen LogP contribution in [0.5, 0.6) is 0 Å². The van der Waals surface area contributed by atoms with Gasteiger partial charge in [0.15, 0.2) is 0 Å². The molecule has 5 N–H and O–H groups in total. The quantitative estimate of drug-likeness (QED) is 0.225.